The first-order valence-electron chi connectivity index (χ1n) is 11.8. The summed E-state index contributed by atoms with van der Waals surface area (Å²) < 4.78 is 84.9. The van der Waals surface area contributed by atoms with E-state index in [1.165, 1.54) is 12.1 Å². The fourth-order valence-corrected chi connectivity index (χ4v) is 3.96. The molecule has 10 heteroatoms. The molecule has 0 saturated heterocycles. The predicted octanol–water partition coefficient (Wildman–Crippen LogP) is 7.88. The highest BCUT2D eigenvalue weighted by Gasteiger charge is 2.32. The van der Waals surface area contributed by atoms with Crippen molar-refractivity contribution in [1.82, 2.24) is 10.3 Å². The maximum absolute atomic E-state index is 13.6. The molecule has 0 bridgehead atoms. The van der Waals surface area contributed by atoms with Crippen molar-refractivity contribution in [3.63, 3.8) is 0 Å². The molecule has 0 aliphatic heterocycles. The van der Waals surface area contributed by atoms with E-state index in [9.17, 15) is 26.3 Å². The molecule has 200 valence electrons. The third kappa shape index (κ3) is 7.16. The molecule has 4 rings (SSSR count). The summed E-state index contributed by atoms with van der Waals surface area (Å²) >= 11 is 0. The second kappa shape index (κ2) is 11.3. The second-order valence-electron chi connectivity index (χ2n) is 8.77. The summed E-state index contributed by atoms with van der Waals surface area (Å²) in [5, 5.41) is 6.86. The van der Waals surface area contributed by atoms with Crippen LogP contribution in [0, 0.1) is 6.92 Å². The van der Waals surface area contributed by atoms with Crippen LogP contribution < -0.4 is 15.4 Å². The number of para-hydroxylation sites is 1. The van der Waals surface area contributed by atoms with Gasteiger partial charge < -0.3 is 15.4 Å². The van der Waals surface area contributed by atoms with Gasteiger partial charge in [-0.1, -0.05) is 36.4 Å². The average molecular weight is 534 g/mol. The largest absolute Gasteiger partial charge is 0.493 e. The van der Waals surface area contributed by atoms with E-state index in [0.29, 0.717) is 29.9 Å². The van der Waals surface area contributed by atoms with E-state index in [1.807, 2.05) is 24.3 Å². The molecule has 0 aliphatic rings. The number of benzene rings is 3. The first-order chi connectivity index (χ1) is 18.0. The highest BCUT2D eigenvalue weighted by Crippen LogP contribution is 2.36. The normalized spacial score (nSPS) is 12.1. The van der Waals surface area contributed by atoms with Crippen molar-refractivity contribution >= 4 is 22.3 Å². The first kappa shape index (κ1) is 27.3. The number of aromatic nitrogens is 1. The van der Waals surface area contributed by atoms with Crippen LogP contribution in [0.2, 0.25) is 0 Å². The Morgan fingerprint density at radius 1 is 0.816 bits per heavy atom. The molecule has 0 amide bonds. The van der Waals surface area contributed by atoms with Crippen LogP contribution in [0.5, 0.6) is 5.75 Å². The standard InChI is InChI=1S/C28H25F6N3O/c1-18-12-26(24-8-2-3-9-25(24)36-18)37-22-14-21(28(32,33)34)15-23(16-22)38-11-5-10-35-17-19-6-4-7-20(13-19)27(29,30)31/h2-4,6-9,12-16,35H,5,10-11,17H2,1H3,(H,36,37). The molecule has 0 atom stereocenters. The molecule has 1 aromatic heterocycles. The van der Waals surface area contributed by atoms with Gasteiger partial charge in [-0.15, -0.1) is 0 Å². The van der Waals surface area contributed by atoms with Gasteiger partial charge in [-0.3, -0.25) is 4.98 Å². The molecular formula is C28H25F6N3O. The fraction of sp³-hybridized carbons (Fsp3) is 0.250. The summed E-state index contributed by atoms with van der Waals surface area (Å²) in [6.45, 7) is 2.55. The Morgan fingerprint density at radius 3 is 2.34 bits per heavy atom. The molecule has 1 heterocycles. The van der Waals surface area contributed by atoms with E-state index in [-0.39, 0.29) is 24.6 Å². The number of ether oxygens (including phenoxy) is 1. The van der Waals surface area contributed by atoms with Gasteiger partial charge in [0.1, 0.15) is 5.75 Å². The van der Waals surface area contributed by atoms with Crippen LogP contribution in [0.15, 0.2) is 72.8 Å². The van der Waals surface area contributed by atoms with Crippen LogP contribution in [0.3, 0.4) is 0 Å². The van der Waals surface area contributed by atoms with E-state index in [0.717, 1.165) is 35.2 Å². The highest BCUT2D eigenvalue weighted by molar-refractivity contribution is 5.93. The van der Waals surface area contributed by atoms with Crippen molar-refractivity contribution in [2.24, 2.45) is 0 Å². The van der Waals surface area contributed by atoms with Crippen LogP contribution in [0.25, 0.3) is 10.9 Å². The zero-order valence-corrected chi connectivity index (χ0v) is 20.4. The van der Waals surface area contributed by atoms with Crippen molar-refractivity contribution in [3.05, 3.63) is 95.2 Å². The molecule has 0 fully saturated rings. The maximum Gasteiger partial charge on any atom is 0.416 e. The highest BCUT2D eigenvalue weighted by atomic mass is 19.4. The predicted molar refractivity (Wildman–Crippen MR) is 134 cm³/mol. The smallest absolute Gasteiger partial charge is 0.416 e. The lowest BCUT2D eigenvalue weighted by molar-refractivity contribution is -0.138. The molecule has 0 unspecified atom stereocenters. The molecule has 2 N–H and O–H groups in total. The van der Waals surface area contributed by atoms with E-state index in [1.54, 1.807) is 19.1 Å². The number of hydrogen-bond donors (Lipinski definition) is 2. The van der Waals surface area contributed by atoms with Gasteiger partial charge in [0.25, 0.3) is 0 Å². The molecule has 4 nitrogen and oxygen atoms in total. The van der Waals surface area contributed by atoms with E-state index in [2.05, 4.69) is 15.6 Å². The average Bonchev–Trinajstić information content (AvgIpc) is 2.85. The topological polar surface area (TPSA) is 46.2 Å². The van der Waals surface area contributed by atoms with Gasteiger partial charge in [0.05, 0.1) is 23.3 Å². The van der Waals surface area contributed by atoms with Crippen LogP contribution in [-0.4, -0.2) is 18.1 Å². The molecule has 0 aliphatic carbocycles. The van der Waals surface area contributed by atoms with Crippen LogP contribution >= 0.6 is 0 Å². The summed E-state index contributed by atoms with van der Waals surface area (Å²) in [7, 11) is 0. The van der Waals surface area contributed by atoms with Crippen molar-refractivity contribution < 1.29 is 31.1 Å². The number of pyridine rings is 1. The minimum absolute atomic E-state index is 0.0512. The minimum Gasteiger partial charge on any atom is -0.493 e. The van der Waals surface area contributed by atoms with Gasteiger partial charge in [-0.25, -0.2) is 0 Å². The zero-order valence-electron chi connectivity index (χ0n) is 20.4. The van der Waals surface area contributed by atoms with E-state index in [4.69, 9.17) is 4.74 Å². The van der Waals surface area contributed by atoms with E-state index >= 15 is 0 Å². The number of anilines is 2. The lowest BCUT2D eigenvalue weighted by atomic mass is 10.1. The number of alkyl halides is 6. The Kier molecular flexibility index (Phi) is 8.11. The van der Waals surface area contributed by atoms with Gasteiger partial charge in [0.15, 0.2) is 0 Å². The van der Waals surface area contributed by atoms with Crippen molar-refractivity contribution in [2.45, 2.75) is 32.2 Å². The molecule has 38 heavy (non-hydrogen) atoms. The number of fused-ring (bicyclic) bond motifs is 1. The SMILES string of the molecule is Cc1cc(Nc2cc(OCCCNCc3cccc(C(F)(F)F)c3)cc(C(F)(F)F)c2)c2ccccc2n1. The Hall–Kier alpha value is -3.79. The lowest BCUT2D eigenvalue weighted by Gasteiger charge is -2.16. The second-order valence-corrected chi connectivity index (χ2v) is 8.77. The van der Waals surface area contributed by atoms with E-state index < -0.39 is 23.5 Å². The van der Waals surface area contributed by atoms with Crippen LogP contribution in [-0.2, 0) is 18.9 Å². The number of hydrogen-bond acceptors (Lipinski definition) is 4. The molecule has 3 aromatic carbocycles. The summed E-state index contributed by atoms with van der Waals surface area (Å²) in [6.07, 6.45) is -8.55. The Morgan fingerprint density at radius 2 is 1.58 bits per heavy atom. The molecule has 0 saturated carbocycles. The number of nitrogens with zero attached hydrogens (tertiary/aromatic N) is 1. The zero-order chi connectivity index (χ0) is 27.3. The fourth-order valence-electron chi connectivity index (χ4n) is 3.96. The summed E-state index contributed by atoms with van der Waals surface area (Å²) in [5.74, 6) is 0.0512. The summed E-state index contributed by atoms with van der Waals surface area (Å²) in [6, 6.07) is 17.6. The van der Waals surface area contributed by atoms with Crippen molar-refractivity contribution in [3.8, 4) is 5.75 Å². The number of rotatable bonds is 9. The summed E-state index contributed by atoms with van der Waals surface area (Å²) in [5.41, 5.74) is 1.18. The monoisotopic (exact) mass is 533 g/mol. The Bertz CT molecular complexity index is 1400. The molecule has 4 aromatic rings. The van der Waals surface area contributed by atoms with Crippen LogP contribution in [0.4, 0.5) is 37.7 Å². The number of nitrogens with one attached hydrogen (secondary N) is 2. The Balaban J connectivity index is 1.39. The third-order valence-electron chi connectivity index (χ3n) is 5.71. The van der Waals surface area contributed by atoms with Crippen LogP contribution in [0.1, 0.15) is 28.8 Å². The minimum atomic E-state index is -4.57. The Labute approximate surface area is 215 Å². The molecule has 0 spiro atoms. The lowest BCUT2D eigenvalue weighted by Crippen LogP contribution is -2.17. The first-order valence-corrected chi connectivity index (χ1v) is 11.8. The van der Waals surface area contributed by atoms with Gasteiger partial charge in [0, 0.05) is 35.1 Å². The van der Waals surface area contributed by atoms with Crippen molar-refractivity contribution in [1.29, 1.82) is 0 Å². The summed E-state index contributed by atoms with van der Waals surface area (Å²) in [4.78, 5) is 4.45. The maximum atomic E-state index is 13.6. The quantitative estimate of drug-likeness (QED) is 0.170. The molecule has 0 radical (unpaired) electrons. The van der Waals surface area contributed by atoms with Gasteiger partial charge in [-0.2, -0.15) is 26.3 Å². The third-order valence-corrected chi connectivity index (χ3v) is 5.71. The number of aryl methyl sites for hydroxylation is 1. The van der Waals surface area contributed by atoms with Gasteiger partial charge in [0.2, 0.25) is 0 Å². The molecular weight excluding hydrogens is 508 g/mol. The van der Waals surface area contributed by atoms with Gasteiger partial charge in [-0.05, 0) is 55.8 Å². The number of halogens is 6. The van der Waals surface area contributed by atoms with Gasteiger partial charge >= 0.3 is 12.4 Å². The van der Waals surface area contributed by atoms with Crippen molar-refractivity contribution in [2.75, 3.05) is 18.5 Å².